The maximum Gasteiger partial charge on any atom is 0.257 e. The Morgan fingerprint density at radius 2 is 2.00 bits per heavy atom. The van der Waals surface area contributed by atoms with E-state index in [2.05, 4.69) is 10.3 Å². The second-order valence-corrected chi connectivity index (χ2v) is 8.67. The smallest absolute Gasteiger partial charge is 0.257 e. The van der Waals surface area contributed by atoms with Gasteiger partial charge in [0.2, 0.25) is 0 Å². The van der Waals surface area contributed by atoms with Crippen LogP contribution < -0.4 is 5.32 Å². The number of nitrogens with one attached hydrogen (secondary N) is 1. The van der Waals surface area contributed by atoms with Gasteiger partial charge in [-0.1, -0.05) is 23.7 Å². The predicted octanol–water partition coefficient (Wildman–Crippen LogP) is 4.26. The van der Waals surface area contributed by atoms with Crippen molar-refractivity contribution in [3.8, 4) is 11.3 Å². The molecule has 3 aromatic rings. The normalized spacial score (nSPS) is 11.3. The Morgan fingerprint density at radius 3 is 2.69 bits per heavy atom. The van der Waals surface area contributed by atoms with E-state index in [0.29, 0.717) is 16.4 Å². The van der Waals surface area contributed by atoms with Crippen molar-refractivity contribution >= 4 is 43.8 Å². The molecule has 0 spiro atoms. The predicted molar refractivity (Wildman–Crippen MR) is 100 cm³/mol. The Bertz CT molecular complexity index is 1100. The van der Waals surface area contributed by atoms with Crippen LogP contribution in [0.25, 0.3) is 11.3 Å². The van der Waals surface area contributed by atoms with Crippen molar-refractivity contribution in [1.82, 2.24) is 4.98 Å². The standard InChI is InChI=1S/C17H12ClFN2O3S2/c1-26(23,24)15-8-11(5-6-13(15)18)16(22)21-17-20-14(9-25-17)10-3-2-4-12(19)7-10/h2-9H,1H3,(H,20,21,22). The van der Waals surface area contributed by atoms with Crippen LogP contribution >= 0.6 is 22.9 Å². The number of amides is 1. The molecule has 0 radical (unpaired) electrons. The van der Waals surface area contributed by atoms with Crippen LogP contribution in [0.4, 0.5) is 9.52 Å². The Kier molecular flexibility index (Phi) is 5.08. The molecule has 0 unspecified atom stereocenters. The van der Waals surface area contributed by atoms with Gasteiger partial charge < -0.3 is 0 Å². The first-order valence-corrected chi connectivity index (χ1v) is 10.4. The number of thiazole rings is 1. The van der Waals surface area contributed by atoms with E-state index in [1.807, 2.05) is 0 Å². The summed E-state index contributed by atoms with van der Waals surface area (Å²) in [5.74, 6) is -0.901. The maximum atomic E-state index is 13.3. The number of halogens is 2. The molecule has 0 aliphatic rings. The van der Waals surface area contributed by atoms with Crippen LogP contribution in [0.1, 0.15) is 10.4 Å². The van der Waals surface area contributed by atoms with Crippen molar-refractivity contribution in [1.29, 1.82) is 0 Å². The number of aromatic nitrogens is 1. The molecule has 0 aliphatic carbocycles. The molecule has 134 valence electrons. The fourth-order valence-corrected chi connectivity index (χ4v) is 4.23. The van der Waals surface area contributed by atoms with Gasteiger partial charge in [-0.15, -0.1) is 11.3 Å². The van der Waals surface area contributed by atoms with Gasteiger partial charge in [-0.25, -0.2) is 17.8 Å². The third-order valence-corrected chi connectivity index (χ3v) is 5.77. The topological polar surface area (TPSA) is 76.1 Å². The molecule has 1 aromatic heterocycles. The number of hydrogen-bond acceptors (Lipinski definition) is 5. The zero-order valence-corrected chi connectivity index (χ0v) is 15.8. The van der Waals surface area contributed by atoms with Gasteiger partial charge in [0.05, 0.1) is 15.6 Å². The van der Waals surface area contributed by atoms with E-state index in [1.165, 1.54) is 41.7 Å². The molecule has 5 nitrogen and oxygen atoms in total. The molecule has 0 bridgehead atoms. The summed E-state index contributed by atoms with van der Waals surface area (Å²) in [6.07, 6.45) is 1.02. The number of sulfone groups is 1. The Morgan fingerprint density at radius 1 is 1.23 bits per heavy atom. The summed E-state index contributed by atoms with van der Waals surface area (Å²) in [5.41, 5.74) is 1.25. The van der Waals surface area contributed by atoms with Crippen LogP contribution in [-0.4, -0.2) is 25.6 Å². The lowest BCUT2D eigenvalue weighted by atomic mass is 10.2. The first-order valence-electron chi connectivity index (χ1n) is 7.26. The number of anilines is 1. The summed E-state index contributed by atoms with van der Waals surface area (Å²) in [4.78, 5) is 16.5. The number of rotatable bonds is 4. The van der Waals surface area contributed by atoms with Crippen molar-refractivity contribution in [2.75, 3.05) is 11.6 Å². The fraction of sp³-hybridized carbons (Fsp3) is 0.0588. The molecule has 3 rings (SSSR count). The van der Waals surface area contributed by atoms with Gasteiger partial charge in [-0.2, -0.15) is 0 Å². The van der Waals surface area contributed by atoms with Crippen LogP contribution in [0.5, 0.6) is 0 Å². The summed E-state index contributed by atoms with van der Waals surface area (Å²) >= 11 is 7.05. The fourth-order valence-electron chi connectivity index (χ4n) is 2.21. The molecule has 1 heterocycles. The van der Waals surface area contributed by atoms with Crippen LogP contribution in [-0.2, 0) is 9.84 Å². The molecule has 0 aliphatic heterocycles. The van der Waals surface area contributed by atoms with Gasteiger partial charge in [0, 0.05) is 22.8 Å². The average Bonchev–Trinajstić information content (AvgIpc) is 3.02. The summed E-state index contributed by atoms with van der Waals surface area (Å²) in [6, 6.07) is 9.95. The van der Waals surface area contributed by atoms with Gasteiger partial charge in [-0.3, -0.25) is 10.1 Å². The average molecular weight is 411 g/mol. The Hall–Kier alpha value is -2.29. The lowest BCUT2D eigenvalue weighted by Gasteiger charge is -2.06. The van der Waals surface area contributed by atoms with E-state index < -0.39 is 15.7 Å². The van der Waals surface area contributed by atoms with E-state index in [-0.39, 0.29) is 21.3 Å². The highest BCUT2D eigenvalue weighted by Crippen LogP contribution is 2.27. The minimum atomic E-state index is -3.56. The van der Waals surface area contributed by atoms with Crippen molar-refractivity contribution in [3.63, 3.8) is 0 Å². The highest BCUT2D eigenvalue weighted by molar-refractivity contribution is 7.90. The number of hydrogen-bond donors (Lipinski definition) is 1. The van der Waals surface area contributed by atoms with Crippen LogP contribution in [0.2, 0.25) is 5.02 Å². The Labute approximate surface area is 158 Å². The number of benzene rings is 2. The number of nitrogens with zero attached hydrogens (tertiary/aromatic N) is 1. The molecule has 0 saturated heterocycles. The van der Waals surface area contributed by atoms with Crippen LogP contribution in [0, 0.1) is 5.82 Å². The van der Waals surface area contributed by atoms with Gasteiger partial charge in [0.1, 0.15) is 5.82 Å². The second-order valence-electron chi connectivity index (χ2n) is 5.42. The highest BCUT2D eigenvalue weighted by Gasteiger charge is 2.17. The molecular formula is C17H12ClFN2O3S2. The quantitative estimate of drug-likeness (QED) is 0.697. The van der Waals surface area contributed by atoms with E-state index >= 15 is 0 Å². The molecule has 26 heavy (non-hydrogen) atoms. The molecule has 1 amide bonds. The SMILES string of the molecule is CS(=O)(=O)c1cc(C(=O)Nc2nc(-c3cccc(F)c3)cs2)ccc1Cl. The lowest BCUT2D eigenvalue weighted by molar-refractivity contribution is 0.102. The van der Waals surface area contributed by atoms with Gasteiger partial charge >= 0.3 is 0 Å². The van der Waals surface area contributed by atoms with Crippen LogP contribution in [0.3, 0.4) is 0 Å². The maximum absolute atomic E-state index is 13.3. The van der Waals surface area contributed by atoms with Crippen LogP contribution in [0.15, 0.2) is 52.7 Å². The summed E-state index contributed by atoms with van der Waals surface area (Å²) in [7, 11) is -3.56. The molecular weight excluding hydrogens is 399 g/mol. The molecule has 0 saturated carbocycles. The summed E-state index contributed by atoms with van der Waals surface area (Å²) in [5, 5.41) is 4.64. The molecule has 0 atom stereocenters. The minimum Gasteiger partial charge on any atom is -0.298 e. The molecule has 9 heteroatoms. The van der Waals surface area contributed by atoms with E-state index in [0.717, 1.165) is 6.26 Å². The second kappa shape index (κ2) is 7.14. The molecule has 0 fully saturated rings. The van der Waals surface area contributed by atoms with E-state index in [4.69, 9.17) is 11.6 Å². The van der Waals surface area contributed by atoms with Gasteiger partial charge in [0.15, 0.2) is 15.0 Å². The monoisotopic (exact) mass is 410 g/mol. The van der Waals surface area contributed by atoms with Gasteiger partial charge in [0.25, 0.3) is 5.91 Å². The summed E-state index contributed by atoms with van der Waals surface area (Å²) < 4.78 is 36.7. The lowest BCUT2D eigenvalue weighted by Crippen LogP contribution is -2.12. The zero-order chi connectivity index (χ0) is 18.9. The number of carbonyl (C=O) groups is 1. The van der Waals surface area contributed by atoms with E-state index in [9.17, 15) is 17.6 Å². The largest absolute Gasteiger partial charge is 0.298 e. The molecule has 1 N–H and O–H groups in total. The molecule has 2 aromatic carbocycles. The Balaban J connectivity index is 1.83. The zero-order valence-electron chi connectivity index (χ0n) is 13.4. The first-order chi connectivity index (χ1) is 12.2. The highest BCUT2D eigenvalue weighted by atomic mass is 35.5. The van der Waals surface area contributed by atoms with Crippen molar-refractivity contribution in [2.24, 2.45) is 0 Å². The minimum absolute atomic E-state index is 0.0479. The van der Waals surface area contributed by atoms with Crippen molar-refractivity contribution < 1.29 is 17.6 Å². The van der Waals surface area contributed by atoms with Crippen molar-refractivity contribution in [2.45, 2.75) is 4.90 Å². The summed E-state index contributed by atoms with van der Waals surface area (Å²) in [6.45, 7) is 0. The van der Waals surface area contributed by atoms with Gasteiger partial charge in [-0.05, 0) is 30.3 Å². The van der Waals surface area contributed by atoms with Crippen molar-refractivity contribution in [3.05, 3.63) is 64.2 Å². The van der Waals surface area contributed by atoms with E-state index in [1.54, 1.807) is 17.5 Å². The first kappa shape index (κ1) is 18.5. The number of carbonyl (C=O) groups excluding carboxylic acids is 1. The third kappa shape index (κ3) is 4.09. The third-order valence-electron chi connectivity index (χ3n) is 3.44.